The fraction of sp³-hybridized carbons (Fsp3) is 0.429. The Balaban J connectivity index is -0.000000180. The molecule has 0 unspecified atom stereocenters. The van der Waals surface area contributed by atoms with Gasteiger partial charge >= 0.3 is 19.5 Å². The SMILES string of the molecule is C[C-]=C(C)/C=C/C.C[C-]=C(C)/C=C/C.[Ru+2]. The van der Waals surface area contributed by atoms with E-state index in [0.29, 0.717) is 0 Å². The monoisotopic (exact) mass is 292 g/mol. The van der Waals surface area contributed by atoms with Crippen LogP contribution < -0.4 is 0 Å². The minimum atomic E-state index is 0. The molecule has 86 valence electrons. The first kappa shape index (κ1) is 20.1. The van der Waals surface area contributed by atoms with Gasteiger partial charge < -0.3 is 0 Å². The summed E-state index contributed by atoms with van der Waals surface area (Å²) in [4.78, 5) is 0. The zero-order chi connectivity index (χ0) is 11.4. The molecule has 0 fully saturated rings. The van der Waals surface area contributed by atoms with Crippen LogP contribution in [0.25, 0.3) is 0 Å². The second-order valence-corrected chi connectivity index (χ2v) is 2.87. The molecule has 0 heterocycles. The molecule has 0 nitrogen and oxygen atoms in total. The molecule has 0 atom stereocenters. The first-order valence-electron chi connectivity index (χ1n) is 4.90. The van der Waals surface area contributed by atoms with Gasteiger partial charge in [0.1, 0.15) is 0 Å². The molecule has 0 aliphatic carbocycles. The van der Waals surface area contributed by atoms with Gasteiger partial charge in [-0.25, -0.2) is 23.3 Å². The van der Waals surface area contributed by atoms with Crippen LogP contribution in [0.2, 0.25) is 0 Å². The molecule has 15 heavy (non-hydrogen) atoms. The van der Waals surface area contributed by atoms with Gasteiger partial charge in [-0.15, -0.1) is 13.8 Å². The smallest absolute Gasteiger partial charge is 0.275 e. The molecule has 0 saturated carbocycles. The van der Waals surface area contributed by atoms with Gasteiger partial charge in [-0.1, -0.05) is 27.7 Å². The van der Waals surface area contributed by atoms with Crippen molar-refractivity contribution >= 4 is 0 Å². The molecule has 0 bridgehead atoms. The van der Waals surface area contributed by atoms with Crippen LogP contribution >= 0.6 is 0 Å². The topological polar surface area (TPSA) is 0 Å². The minimum Gasteiger partial charge on any atom is -0.275 e. The van der Waals surface area contributed by atoms with Crippen molar-refractivity contribution in [2.24, 2.45) is 0 Å². The second kappa shape index (κ2) is 16.0. The standard InChI is InChI=1S/2C7H11.Ru/c2*1-4-6-7(3)5-2;/h2*4,6H,1-3H3;/q2*-1;+2/b2*6-4+;. The molecule has 0 aromatic carbocycles. The van der Waals surface area contributed by atoms with Crippen molar-refractivity contribution in [1.29, 1.82) is 0 Å². The Hall–Kier alpha value is -0.417. The molecule has 1 heteroatoms. The Morgan fingerprint density at radius 3 is 1.13 bits per heavy atom. The first-order chi connectivity index (χ1) is 6.62. The molecule has 0 amide bonds. The van der Waals surface area contributed by atoms with Crippen molar-refractivity contribution in [1.82, 2.24) is 0 Å². The third-order valence-corrected chi connectivity index (χ3v) is 1.62. The molecule has 0 aromatic rings. The normalized spacial score (nSPS) is 12.4. The Morgan fingerprint density at radius 1 is 0.800 bits per heavy atom. The molecule has 0 N–H and O–H groups in total. The van der Waals surface area contributed by atoms with Crippen molar-refractivity contribution < 1.29 is 19.5 Å². The van der Waals surface area contributed by atoms with Crippen LogP contribution in [0.1, 0.15) is 41.5 Å². The summed E-state index contributed by atoms with van der Waals surface area (Å²) in [5.74, 6) is 0. The van der Waals surface area contributed by atoms with Crippen molar-refractivity contribution in [3.8, 4) is 0 Å². The van der Waals surface area contributed by atoms with E-state index in [1.807, 2.05) is 65.8 Å². The van der Waals surface area contributed by atoms with Crippen LogP contribution in [-0.2, 0) is 19.5 Å². The average molecular weight is 291 g/mol. The maximum atomic E-state index is 3.00. The molecule has 0 aliphatic heterocycles. The van der Waals surface area contributed by atoms with Gasteiger partial charge in [0.2, 0.25) is 0 Å². The third-order valence-electron chi connectivity index (χ3n) is 1.62. The molecule has 0 radical (unpaired) electrons. The summed E-state index contributed by atoms with van der Waals surface area (Å²) in [6, 6.07) is 0. The van der Waals surface area contributed by atoms with E-state index in [1.54, 1.807) is 0 Å². The Labute approximate surface area is 109 Å². The molecular weight excluding hydrogens is 269 g/mol. The number of hydrogen-bond acceptors (Lipinski definition) is 0. The van der Waals surface area contributed by atoms with Gasteiger partial charge in [0.05, 0.1) is 0 Å². The third kappa shape index (κ3) is 19.8. The van der Waals surface area contributed by atoms with Gasteiger partial charge in [-0.2, -0.15) is 12.2 Å². The maximum Gasteiger partial charge on any atom is 2.00 e. The van der Waals surface area contributed by atoms with E-state index in [4.69, 9.17) is 0 Å². The molecule has 0 spiro atoms. The summed E-state index contributed by atoms with van der Waals surface area (Å²) in [5, 5.41) is 0. The number of allylic oxidation sites excluding steroid dienone is 8. The number of rotatable bonds is 2. The minimum absolute atomic E-state index is 0. The van der Waals surface area contributed by atoms with Crippen molar-refractivity contribution in [3.05, 3.63) is 47.6 Å². The van der Waals surface area contributed by atoms with Crippen LogP contribution in [0.5, 0.6) is 0 Å². The van der Waals surface area contributed by atoms with Gasteiger partial charge in [-0.05, 0) is 0 Å². The second-order valence-electron chi connectivity index (χ2n) is 2.87. The quantitative estimate of drug-likeness (QED) is 0.394. The first-order valence-corrected chi connectivity index (χ1v) is 4.90. The number of hydrogen-bond donors (Lipinski definition) is 0. The van der Waals surface area contributed by atoms with E-state index in [0.717, 1.165) is 0 Å². The van der Waals surface area contributed by atoms with E-state index in [9.17, 15) is 0 Å². The van der Waals surface area contributed by atoms with Gasteiger partial charge in [-0.3, -0.25) is 12.2 Å². The van der Waals surface area contributed by atoms with E-state index < -0.39 is 0 Å². The Kier molecular flexibility index (Phi) is 21.4. The van der Waals surface area contributed by atoms with E-state index >= 15 is 0 Å². The predicted molar refractivity (Wildman–Crippen MR) is 65.8 cm³/mol. The Bertz CT molecular complexity index is 204. The van der Waals surface area contributed by atoms with Gasteiger partial charge in [0.25, 0.3) is 0 Å². The summed E-state index contributed by atoms with van der Waals surface area (Å²) in [6.45, 7) is 11.9. The maximum absolute atomic E-state index is 3.00. The summed E-state index contributed by atoms with van der Waals surface area (Å²) in [6.07, 6.45) is 14.1. The summed E-state index contributed by atoms with van der Waals surface area (Å²) >= 11 is 0. The summed E-state index contributed by atoms with van der Waals surface area (Å²) < 4.78 is 0. The zero-order valence-electron chi connectivity index (χ0n) is 10.7. The average Bonchev–Trinajstić information content (AvgIpc) is 2.19. The van der Waals surface area contributed by atoms with Crippen molar-refractivity contribution in [2.45, 2.75) is 41.5 Å². The van der Waals surface area contributed by atoms with E-state index in [2.05, 4.69) is 12.2 Å². The van der Waals surface area contributed by atoms with Crippen molar-refractivity contribution in [3.63, 3.8) is 0 Å². The predicted octanol–water partition coefficient (Wildman–Crippen LogP) is 4.66. The molecule has 0 saturated heterocycles. The fourth-order valence-electron chi connectivity index (χ4n) is 0.667. The van der Waals surface area contributed by atoms with Gasteiger partial charge in [0.15, 0.2) is 0 Å². The molecule has 0 rings (SSSR count). The zero-order valence-corrected chi connectivity index (χ0v) is 12.4. The van der Waals surface area contributed by atoms with Crippen LogP contribution in [0, 0.1) is 12.2 Å². The Morgan fingerprint density at radius 2 is 1.07 bits per heavy atom. The largest absolute Gasteiger partial charge is 2.00 e. The van der Waals surface area contributed by atoms with Crippen LogP contribution in [0.4, 0.5) is 0 Å². The molecule has 0 aromatic heterocycles. The van der Waals surface area contributed by atoms with Crippen LogP contribution in [0.15, 0.2) is 35.5 Å². The molecular formula is C14H22Ru. The van der Waals surface area contributed by atoms with Gasteiger partial charge in [0, 0.05) is 0 Å². The fourth-order valence-corrected chi connectivity index (χ4v) is 0.667. The summed E-state index contributed by atoms with van der Waals surface area (Å²) in [7, 11) is 0. The van der Waals surface area contributed by atoms with Crippen molar-refractivity contribution in [2.75, 3.05) is 0 Å². The van der Waals surface area contributed by atoms with E-state index in [-0.39, 0.29) is 19.5 Å². The summed E-state index contributed by atoms with van der Waals surface area (Å²) in [5.41, 5.74) is 2.39. The van der Waals surface area contributed by atoms with E-state index in [1.165, 1.54) is 11.1 Å². The molecule has 0 aliphatic rings. The van der Waals surface area contributed by atoms with Crippen LogP contribution in [0.3, 0.4) is 0 Å². The van der Waals surface area contributed by atoms with Crippen LogP contribution in [-0.4, -0.2) is 0 Å².